The molecule has 2 rings (SSSR count). The molecule has 0 fully saturated rings. The van der Waals surface area contributed by atoms with E-state index >= 15 is 0 Å². The van der Waals surface area contributed by atoms with Crippen LogP contribution in [0, 0.1) is 11.6 Å². The van der Waals surface area contributed by atoms with Gasteiger partial charge in [-0.2, -0.15) is 0 Å². The van der Waals surface area contributed by atoms with E-state index in [9.17, 15) is 8.78 Å². The molecule has 2 nitrogen and oxygen atoms in total. The van der Waals surface area contributed by atoms with Gasteiger partial charge in [0, 0.05) is 0 Å². The van der Waals surface area contributed by atoms with Gasteiger partial charge in [0.2, 0.25) is 6.79 Å². The maximum Gasteiger partial charge on any atom is 0.231 e. The maximum absolute atomic E-state index is 13.4. The number of hydrogen-bond acceptors (Lipinski definition) is 2. The van der Waals surface area contributed by atoms with Crippen LogP contribution in [-0.4, -0.2) is 6.79 Å². The van der Waals surface area contributed by atoms with Crippen LogP contribution in [0.15, 0.2) is 36.4 Å². The van der Waals surface area contributed by atoms with Crippen molar-refractivity contribution in [2.75, 3.05) is 6.79 Å². The molecule has 0 atom stereocenters. The molecule has 6 heteroatoms. The van der Waals surface area contributed by atoms with Gasteiger partial charge in [-0.15, -0.1) is 0 Å². The van der Waals surface area contributed by atoms with Crippen molar-refractivity contribution in [3.05, 3.63) is 58.1 Å². The first-order valence-corrected chi connectivity index (χ1v) is 5.99. The van der Waals surface area contributed by atoms with E-state index in [2.05, 4.69) is 0 Å². The minimum atomic E-state index is -0.629. The summed E-state index contributed by atoms with van der Waals surface area (Å²) in [5.74, 6) is -1.57. The van der Waals surface area contributed by atoms with Crippen molar-refractivity contribution >= 4 is 23.2 Å². The number of hydrogen-bond donors (Lipinski definition) is 0. The van der Waals surface area contributed by atoms with Gasteiger partial charge in [-0.25, -0.2) is 8.78 Å². The van der Waals surface area contributed by atoms with Crippen LogP contribution in [0.2, 0.25) is 10.0 Å². The van der Waals surface area contributed by atoms with Crippen molar-refractivity contribution in [1.82, 2.24) is 0 Å². The molecule has 0 unspecified atom stereocenters. The number of halogens is 4. The van der Waals surface area contributed by atoms with Gasteiger partial charge >= 0.3 is 0 Å². The molecule has 0 bridgehead atoms. The predicted octanol–water partition coefficient (Wildman–Crippen LogP) is 4.69. The molecule has 19 heavy (non-hydrogen) atoms. The van der Waals surface area contributed by atoms with E-state index in [1.807, 2.05) is 0 Å². The van der Waals surface area contributed by atoms with E-state index in [-0.39, 0.29) is 21.5 Å². The number of ether oxygens (including phenoxy) is 2. The van der Waals surface area contributed by atoms with Gasteiger partial charge in [-0.05, 0) is 24.3 Å². The lowest BCUT2D eigenvalue weighted by atomic mass is 10.3. The first-order valence-electron chi connectivity index (χ1n) is 5.23. The van der Waals surface area contributed by atoms with Crippen molar-refractivity contribution in [2.24, 2.45) is 0 Å². The van der Waals surface area contributed by atoms with Gasteiger partial charge in [-0.3, -0.25) is 0 Å². The third kappa shape index (κ3) is 3.28. The molecule has 2 aromatic rings. The van der Waals surface area contributed by atoms with Crippen LogP contribution in [0.5, 0.6) is 11.5 Å². The number of rotatable bonds is 4. The maximum atomic E-state index is 13.4. The average Bonchev–Trinajstić information content (AvgIpc) is 2.36. The molecule has 0 aliphatic carbocycles. The summed E-state index contributed by atoms with van der Waals surface area (Å²) in [4.78, 5) is 0. The third-order valence-electron chi connectivity index (χ3n) is 2.24. The smallest absolute Gasteiger partial charge is 0.231 e. The molecule has 0 radical (unpaired) electrons. The van der Waals surface area contributed by atoms with E-state index in [1.165, 1.54) is 36.4 Å². The van der Waals surface area contributed by atoms with Crippen LogP contribution >= 0.6 is 23.2 Å². The molecule has 0 heterocycles. The van der Waals surface area contributed by atoms with Crippen molar-refractivity contribution < 1.29 is 18.3 Å². The zero-order valence-electron chi connectivity index (χ0n) is 9.50. The highest BCUT2D eigenvalue weighted by Gasteiger charge is 2.11. The van der Waals surface area contributed by atoms with E-state index in [0.29, 0.717) is 0 Å². The van der Waals surface area contributed by atoms with Crippen molar-refractivity contribution in [3.8, 4) is 11.5 Å². The van der Waals surface area contributed by atoms with Gasteiger partial charge < -0.3 is 9.47 Å². The second kappa shape index (κ2) is 6.08. The van der Waals surface area contributed by atoms with Crippen LogP contribution < -0.4 is 9.47 Å². The molecule has 2 aromatic carbocycles. The van der Waals surface area contributed by atoms with Crippen molar-refractivity contribution in [3.63, 3.8) is 0 Å². The molecule has 0 saturated carbocycles. The molecule has 0 amide bonds. The summed E-state index contributed by atoms with van der Waals surface area (Å²) in [7, 11) is 0. The summed E-state index contributed by atoms with van der Waals surface area (Å²) in [5.41, 5.74) is 0. The highest BCUT2D eigenvalue weighted by atomic mass is 35.5. The highest BCUT2D eigenvalue weighted by Crippen LogP contribution is 2.29. The molecule has 0 aliphatic rings. The van der Waals surface area contributed by atoms with Gasteiger partial charge in [0.25, 0.3) is 0 Å². The lowest BCUT2D eigenvalue weighted by Crippen LogP contribution is -2.08. The van der Waals surface area contributed by atoms with Crippen molar-refractivity contribution in [1.29, 1.82) is 0 Å². The van der Waals surface area contributed by atoms with E-state index in [1.54, 1.807) is 0 Å². The Morgan fingerprint density at radius 2 is 1.21 bits per heavy atom. The summed E-state index contributed by atoms with van der Waals surface area (Å²) in [6.07, 6.45) is 0. The van der Waals surface area contributed by atoms with Crippen molar-refractivity contribution in [2.45, 2.75) is 0 Å². The summed E-state index contributed by atoms with van der Waals surface area (Å²) >= 11 is 11.5. The minimum absolute atomic E-state index is 0.100. The predicted molar refractivity (Wildman–Crippen MR) is 68.9 cm³/mol. The molecule has 0 aliphatic heterocycles. The van der Waals surface area contributed by atoms with Crippen LogP contribution in [0.3, 0.4) is 0 Å². The second-order valence-electron chi connectivity index (χ2n) is 3.51. The Labute approximate surface area is 118 Å². The first kappa shape index (κ1) is 13.9. The average molecular weight is 305 g/mol. The molecule has 0 spiro atoms. The Bertz CT molecular complexity index is 499. The van der Waals surface area contributed by atoms with Gasteiger partial charge in [0.05, 0.1) is 10.0 Å². The first-order chi connectivity index (χ1) is 9.09. The Hall–Kier alpha value is -1.52. The van der Waals surface area contributed by atoms with Crippen LogP contribution in [0.1, 0.15) is 0 Å². The van der Waals surface area contributed by atoms with E-state index in [0.717, 1.165) is 0 Å². The molecule has 100 valence electrons. The molecule has 0 N–H and O–H groups in total. The summed E-state index contributed by atoms with van der Waals surface area (Å²) in [6.45, 7) is -0.415. The van der Waals surface area contributed by atoms with Crippen LogP contribution in [0.4, 0.5) is 8.78 Å². The Kier molecular flexibility index (Phi) is 4.45. The minimum Gasteiger partial charge on any atom is -0.453 e. The van der Waals surface area contributed by atoms with E-state index < -0.39 is 18.4 Å². The van der Waals surface area contributed by atoms with Crippen LogP contribution in [-0.2, 0) is 0 Å². The SMILES string of the molecule is Fc1cccc(Cl)c1OCOc1c(F)cccc1Cl. The van der Waals surface area contributed by atoms with E-state index in [4.69, 9.17) is 32.7 Å². The Morgan fingerprint density at radius 3 is 1.58 bits per heavy atom. The monoisotopic (exact) mass is 304 g/mol. The Balaban J connectivity index is 2.05. The van der Waals surface area contributed by atoms with Crippen LogP contribution in [0.25, 0.3) is 0 Å². The summed E-state index contributed by atoms with van der Waals surface area (Å²) in [6, 6.07) is 8.21. The standard InChI is InChI=1S/C13H8Cl2F2O2/c14-8-3-1-5-10(16)12(8)18-7-19-13-9(15)4-2-6-11(13)17/h1-6H,7H2. The Morgan fingerprint density at radius 1 is 0.789 bits per heavy atom. The topological polar surface area (TPSA) is 18.5 Å². The number of benzene rings is 2. The quantitative estimate of drug-likeness (QED) is 0.763. The molecular formula is C13H8Cl2F2O2. The summed E-state index contributed by atoms with van der Waals surface area (Å²) < 4.78 is 36.8. The van der Waals surface area contributed by atoms with Gasteiger partial charge in [0.15, 0.2) is 23.1 Å². The molecule has 0 aromatic heterocycles. The number of para-hydroxylation sites is 2. The largest absolute Gasteiger partial charge is 0.453 e. The van der Waals surface area contributed by atoms with Gasteiger partial charge in [0.1, 0.15) is 0 Å². The fourth-order valence-corrected chi connectivity index (χ4v) is 1.82. The summed E-state index contributed by atoms with van der Waals surface area (Å²) in [5, 5.41) is 0.200. The van der Waals surface area contributed by atoms with Gasteiger partial charge in [-0.1, -0.05) is 35.3 Å². The highest BCUT2D eigenvalue weighted by molar-refractivity contribution is 6.32. The zero-order chi connectivity index (χ0) is 13.8. The molecular weight excluding hydrogens is 297 g/mol. The molecule has 0 saturated heterocycles. The normalized spacial score (nSPS) is 10.3. The lowest BCUT2D eigenvalue weighted by molar-refractivity contribution is 0.111. The fourth-order valence-electron chi connectivity index (χ4n) is 1.39. The second-order valence-corrected chi connectivity index (χ2v) is 4.32. The lowest BCUT2D eigenvalue weighted by Gasteiger charge is -2.11. The zero-order valence-corrected chi connectivity index (χ0v) is 11.0. The third-order valence-corrected chi connectivity index (χ3v) is 2.84. The fraction of sp³-hybridized carbons (Fsp3) is 0.0769.